The quantitative estimate of drug-likeness (QED) is 0.789. The molecule has 1 saturated carbocycles. The number of amides is 1. The molecule has 1 amide bonds. The molecule has 5 nitrogen and oxygen atoms in total. The van der Waals surface area contributed by atoms with Crippen LogP contribution in [0.2, 0.25) is 0 Å². The molecular formula is C22H25NO4. The molecule has 1 atom stereocenters. The third kappa shape index (κ3) is 4.35. The minimum atomic E-state index is 0.0333. The van der Waals surface area contributed by atoms with Crippen LogP contribution in [0.15, 0.2) is 42.5 Å². The second-order valence-electron chi connectivity index (χ2n) is 7.06. The van der Waals surface area contributed by atoms with Crippen molar-refractivity contribution in [1.82, 2.24) is 0 Å². The topological polar surface area (TPSA) is 56.8 Å². The number of carbonyl (C=O) groups excluding carboxylic acids is 1. The van der Waals surface area contributed by atoms with Crippen LogP contribution in [0.3, 0.4) is 0 Å². The molecule has 1 fully saturated rings. The summed E-state index contributed by atoms with van der Waals surface area (Å²) in [5.74, 6) is 3.20. The van der Waals surface area contributed by atoms with Crippen molar-refractivity contribution in [3.05, 3.63) is 48.0 Å². The maximum absolute atomic E-state index is 12.6. The normalized spacial score (nSPS) is 16.5. The number of benzene rings is 2. The maximum Gasteiger partial charge on any atom is 0.224 e. The Bertz CT molecular complexity index is 798. The molecule has 5 heteroatoms. The Morgan fingerprint density at radius 3 is 2.56 bits per heavy atom. The van der Waals surface area contributed by atoms with Crippen LogP contribution in [-0.2, 0) is 4.79 Å². The van der Waals surface area contributed by atoms with E-state index >= 15 is 0 Å². The van der Waals surface area contributed by atoms with Crippen molar-refractivity contribution in [1.29, 1.82) is 0 Å². The average molecular weight is 367 g/mol. The molecule has 1 aliphatic carbocycles. The van der Waals surface area contributed by atoms with E-state index in [1.807, 2.05) is 43.3 Å². The Hall–Kier alpha value is -2.69. The van der Waals surface area contributed by atoms with E-state index in [2.05, 4.69) is 11.4 Å². The Morgan fingerprint density at radius 2 is 1.85 bits per heavy atom. The molecule has 2 aromatic carbocycles. The molecule has 2 aliphatic rings. The third-order valence-corrected chi connectivity index (χ3v) is 5.04. The number of hydrogen-bond donors (Lipinski definition) is 1. The zero-order valence-corrected chi connectivity index (χ0v) is 15.6. The first-order chi connectivity index (χ1) is 13.2. The highest BCUT2D eigenvalue weighted by Crippen LogP contribution is 2.46. The Labute approximate surface area is 159 Å². The molecule has 1 unspecified atom stereocenters. The minimum absolute atomic E-state index is 0.0333. The predicted octanol–water partition coefficient (Wildman–Crippen LogP) is 4.38. The van der Waals surface area contributed by atoms with Gasteiger partial charge in [-0.25, -0.2) is 0 Å². The second-order valence-corrected chi connectivity index (χ2v) is 7.06. The molecule has 0 saturated heterocycles. The van der Waals surface area contributed by atoms with E-state index < -0.39 is 0 Å². The first-order valence-corrected chi connectivity index (χ1v) is 9.65. The minimum Gasteiger partial charge on any atom is -0.494 e. The van der Waals surface area contributed by atoms with Gasteiger partial charge in [-0.1, -0.05) is 6.07 Å². The first kappa shape index (κ1) is 17.7. The van der Waals surface area contributed by atoms with Crippen molar-refractivity contribution < 1.29 is 19.0 Å². The second kappa shape index (κ2) is 7.91. The van der Waals surface area contributed by atoms with Crippen LogP contribution in [0.1, 0.15) is 37.7 Å². The first-order valence-electron chi connectivity index (χ1n) is 9.65. The van der Waals surface area contributed by atoms with E-state index in [4.69, 9.17) is 14.2 Å². The summed E-state index contributed by atoms with van der Waals surface area (Å²) in [5.41, 5.74) is 1.95. The smallest absolute Gasteiger partial charge is 0.224 e. The fourth-order valence-corrected chi connectivity index (χ4v) is 3.56. The molecule has 2 aromatic rings. The van der Waals surface area contributed by atoms with E-state index in [9.17, 15) is 4.79 Å². The lowest BCUT2D eigenvalue weighted by atomic mass is 9.90. The highest BCUT2D eigenvalue weighted by molar-refractivity contribution is 5.91. The summed E-state index contributed by atoms with van der Waals surface area (Å²) in [5, 5.41) is 3.01. The Kier molecular flexibility index (Phi) is 5.19. The fourth-order valence-electron chi connectivity index (χ4n) is 3.56. The highest BCUT2D eigenvalue weighted by Gasteiger charge is 2.34. The van der Waals surface area contributed by atoms with Gasteiger partial charge in [0.2, 0.25) is 5.91 Å². The van der Waals surface area contributed by atoms with Crippen molar-refractivity contribution in [2.24, 2.45) is 5.92 Å². The SMILES string of the molecule is CCOc1ccc(NC(=O)CC(c2ccc3c(c2)OCCO3)C2CC2)cc1. The van der Waals surface area contributed by atoms with E-state index in [-0.39, 0.29) is 11.8 Å². The molecule has 1 aliphatic heterocycles. The molecular weight excluding hydrogens is 342 g/mol. The third-order valence-electron chi connectivity index (χ3n) is 5.04. The van der Waals surface area contributed by atoms with Gasteiger partial charge in [-0.05, 0) is 73.6 Å². The largest absolute Gasteiger partial charge is 0.494 e. The lowest BCUT2D eigenvalue weighted by molar-refractivity contribution is -0.116. The molecule has 1 N–H and O–H groups in total. The summed E-state index contributed by atoms with van der Waals surface area (Å²) in [7, 11) is 0. The Balaban J connectivity index is 1.43. The van der Waals surface area contributed by atoms with Crippen LogP contribution < -0.4 is 19.5 Å². The summed E-state index contributed by atoms with van der Waals surface area (Å²) < 4.78 is 16.8. The standard InChI is InChI=1S/C22H25NO4/c1-2-25-18-8-6-17(7-9-18)23-22(24)14-19(15-3-4-15)16-5-10-20-21(13-16)27-12-11-26-20/h5-10,13,15,19H,2-4,11-12,14H2,1H3,(H,23,24). The number of ether oxygens (including phenoxy) is 3. The number of hydrogen-bond acceptors (Lipinski definition) is 4. The monoisotopic (exact) mass is 367 g/mol. The van der Waals surface area contributed by atoms with Gasteiger partial charge in [-0.2, -0.15) is 0 Å². The zero-order chi connectivity index (χ0) is 18.6. The highest BCUT2D eigenvalue weighted by atomic mass is 16.6. The summed E-state index contributed by atoms with van der Waals surface area (Å²) in [4.78, 5) is 12.6. The number of carbonyl (C=O) groups is 1. The van der Waals surface area contributed by atoms with Crippen molar-refractivity contribution in [3.8, 4) is 17.2 Å². The van der Waals surface area contributed by atoms with Crippen molar-refractivity contribution in [2.45, 2.75) is 32.1 Å². The summed E-state index contributed by atoms with van der Waals surface area (Å²) >= 11 is 0. The van der Waals surface area contributed by atoms with Crippen molar-refractivity contribution in [2.75, 3.05) is 25.1 Å². The molecule has 4 rings (SSSR count). The van der Waals surface area contributed by atoms with Gasteiger partial charge in [-0.3, -0.25) is 4.79 Å². The lowest BCUT2D eigenvalue weighted by Gasteiger charge is -2.22. The molecule has 1 heterocycles. The van der Waals surface area contributed by atoms with Crippen LogP contribution in [0.4, 0.5) is 5.69 Å². The van der Waals surface area contributed by atoms with Gasteiger partial charge in [0.05, 0.1) is 6.61 Å². The number of rotatable bonds is 7. The summed E-state index contributed by atoms with van der Waals surface area (Å²) in [6.45, 7) is 3.74. The molecule has 0 aromatic heterocycles. The predicted molar refractivity (Wildman–Crippen MR) is 104 cm³/mol. The number of anilines is 1. The maximum atomic E-state index is 12.6. The van der Waals surface area contributed by atoms with Crippen LogP contribution in [-0.4, -0.2) is 25.7 Å². The van der Waals surface area contributed by atoms with E-state index in [0.717, 1.165) is 28.5 Å². The molecule has 0 spiro atoms. The van der Waals surface area contributed by atoms with Crippen molar-refractivity contribution >= 4 is 11.6 Å². The van der Waals surface area contributed by atoms with Crippen LogP contribution in [0, 0.1) is 5.92 Å². The Morgan fingerprint density at radius 1 is 1.11 bits per heavy atom. The molecule has 142 valence electrons. The summed E-state index contributed by atoms with van der Waals surface area (Å²) in [6.07, 6.45) is 2.82. The van der Waals surface area contributed by atoms with Gasteiger partial charge < -0.3 is 19.5 Å². The van der Waals surface area contributed by atoms with Gasteiger partial charge in [-0.15, -0.1) is 0 Å². The zero-order valence-electron chi connectivity index (χ0n) is 15.6. The van der Waals surface area contributed by atoms with Gasteiger partial charge in [0, 0.05) is 12.1 Å². The summed E-state index contributed by atoms with van der Waals surface area (Å²) in [6, 6.07) is 13.6. The molecule has 0 bridgehead atoms. The van der Waals surface area contributed by atoms with Gasteiger partial charge >= 0.3 is 0 Å². The van der Waals surface area contributed by atoms with Gasteiger partial charge in [0.25, 0.3) is 0 Å². The van der Waals surface area contributed by atoms with E-state index in [0.29, 0.717) is 32.2 Å². The van der Waals surface area contributed by atoms with E-state index in [1.165, 1.54) is 12.8 Å². The van der Waals surface area contributed by atoms with Gasteiger partial charge in [0.15, 0.2) is 11.5 Å². The fraction of sp³-hybridized carbons (Fsp3) is 0.409. The van der Waals surface area contributed by atoms with E-state index in [1.54, 1.807) is 0 Å². The molecule has 0 radical (unpaired) electrons. The molecule has 27 heavy (non-hydrogen) atoms. The number of fused-ring (bicyclic) bond motifs is 1. The van der Waals surface area contributed by atoms with Crippen LogP contribution in [0.25, 0.3) is 0 Å². The number of nitrogens with one attached hydrogen (secondary N) is 1. The van der Waals surface area contributed by atoms with Crippen LogP contribution in [0.5, 0.6) is 17.2 Å². The van der Waals surface area contributed by atoms with Crippen LogP contribution >= 0.6 is 0 Å². The van der Waals surface area contributed by atoms with Crippen molar-refractivity contribution in [3.63, 3.8) is 0 Å². The average Bonchev–Trinajstić information content (AvgIpc) is 3.53. The lowest BCUT2D eigenvalue weighted by Crippen LogP contribution is -2.18. The van der Waals surface area contributed by atoms with Gasteiger partial charge in [0.1, 0.15) is 19.0 Å².